The largest absolute Gasteiger partial charge is 0.454 e. The van der Waals surface area contributed by atoms with Crippen molar-refractivity contribution in [1.29, 1.82) is 0 Å². The second-order valence-corrected chi connectivity index (χ2v) is 7.56. The Bertz CT molecular complexity index is 892. The molecule has 6 nitrogen and oxygen atoms in total. The van der Waals surface area contributed by atoms with Crippen molar-refractivity contribution in [3.05, 3.63) is 53.6 Å². The van der Waals surface area contributed by atoms with Crippen LogP contribution in [0.2, 0.25) is 0 Å². The van der Waals surface area contributed by atoms with Gasteiger partial charge in [0.15, 0.2) is 21.3 Å². The lowest BCUT2D eigenvalue weighted by Crippen LogP contribution is -2.28. The molecule has 126 valence electrons. The summed E-state index contributed by atoms with van der Waals surface area (Å²) >= 11 is 0. The number of fused-ring (bicyclic) bond motifs is 1. The molecule has 2 aromatic rings. The molecule has 1 heterocycles. The summed E-state index contributed by atoms with van der Waals surface area (Å²) < 4.78 is 34.3. The van der Waals surface area contributed by atoms with Crippen molar-refractivity contribution in [3.63, 3.8) is 0 Å². The second kappa shape index (κ2) is 6.16. The summed E-state index contributed by atoms with van der Waals surface area (Å²) in [6.45, 7) is 2.00. The van der Waals surface area contributed by atoms with Gasteiger partial charge in [-0.3, -0.25) is 4.79 Å². The summed E-state index contributed by atoms with van der Waals surface area (Å²) in [4.78, 5) is 12.5. The standard InChI is InChI=1S/C17H17NO5S/c1-11(12-7-8-14-15(9-12)23-10-22-14)18-17(19)13-5-3-4-6-16(13)24(2,20)21/h3-9,11H,10H2,1-2H3,(H,18,19). The van der Waals surface area contributed by atoms with E-state index in [1.165, 1.54) is 12.1 Å². The third-order valence-corrected chi connectivity index (χ3v) is 4.93. The van der Waals surface area contributed by atoms with Gasteiger partial charge in [0.05, 0.1) is 16.5 Å². The minimum atomic E-state index is -3.48. The molecule has 0 saturated carbocycles. The van der Waals surface area contributed by atoms with Gasteiger partial charge in [-0.05, 0) is 36.8 Å². The molecule has 0 aromatic heterocycles. The van der Waals surface area contributed by atoms with Gasteiger partial charge in [0.2, 0.25) is 6.79 Å². The number of nitrogens with one attached hydrogen (secondary N) is 1. The number of rotatable bonds is 4. The average molecular weight is 347 g/mol. The number of amides is 1. The Kier molecular flexibility index (Phi) is 4.19. The number of hydrogen-bond donors (Lipinski definition) is 1. The van der Waals surface area contributed by atoms with E-state index in [1.807, 2.05) is 13.0 Å². The third kappa shape index (κ3) is 3.21. The monoisotopic (exact) mass is 347 g/mol. The summed E-state index contributed by atoms with van der Waals surface area (Å²) in [5, 5.41) is 2.82. The van der Waals surface area contributed by atoms with E-state index >= 15 is 0 Å². The Morgan fingerprint density at radius 3 is 2.58 bits per heavy atom. The van der Waals surface area contributed by atoms with Crippen LogP contribution in [0.25, 0.3) is 0 Å². The molecule has 0 radical (unpaired) electrons. The minimum Gasteiger partial charge on any atom is -0.454 e. The molecule has 2 aromatic carbocycles. The smallest absolute Gasteiger partial charge is 0.253 e. The molecule has 0 aliphatic carbocycles. The van der Waals surface area contributed by atoms with E-state index in [4.69, 9.17) is 9.47 Å². The third-order valence-electron chi connectivity index (χ3n) is 3.78. The first-order valence-electron chi connectivity index (χ1n) is 7.36. The lowest BCUT2D eigenvalue weighted by Gasteiger charge is -2.16. The number of ether oxygens (including phenoxy) is 2. The van der Waals surface area contributed by atoms with Crippen LogP contribution >= 0.6 is 0 Å². The van der Waals surface area contributed by atoms with Crippen LogP contribution in [0.15, 0.2) is 47.4 Å². The minimum absolute atomic E-state index is 0.0142. The zero-order valence-electron chi connectivity index (χ0n) is 13.3. The van der Waals surface area contributed by atoms with Crippen molar-refractivity contribution < 1.29 is 22.7 Å². The summed E-state index contributed by atoms with van der Waals surface area (Å²) in [5.41, 5.74) is 0.969. The van der Waals surface area contributed by atoms with Crippen LogP contribution in [0.4, 0.5) is 0 Å². The van der Waals surface area contributed by atoms with Crippen LogP contribution in [0.1, 0.15) is 28.9 Å². The zero-order valence-corrected chi connectivity index (χ0v) is 14.1. The van der Waals surface area contributed by atoms with Crippen molar-refractivity contribution >= 4 is 15.7 Å². The molecule has 0 saturated heterocycles. The summed E-state index contributed by atoms with van der Waals surface area (Å²) in [6.07, 6.45) is 1.08. The van der Waals surface area contributed by atoms with E-state index in [1.54, 1.807) is 24.3 Å². The van der Waals surface area contributed by atoms with Crippen molar-refractivity contribution in [2.24, 2.45) is 0 Å². The van der Waals surface area contributed by atoms with E-state index in [2.05, 4.69) is 5.32 Å². The predicted molar refractivity (Wildman–Crippen MR) is 88.0 cm³/mol. The van der Waals surface area contributed by atoms with Gasteiger partial charge >= 0.3 is 0 Å². The van der Waals surface area contributed by atoms with Gasteiger partial charge in [0, 0.05) is 6.26 Å². The van der Waals surface area contributed by atoms with E-state index in [9.17, 15) is 13.2 Å². The highest BCUT2D eigenvalue weighted by molar-refractivity contribution is 7.90. The molecule has 1 aliphatic rings. The zero-order chi connectivity index (χ0) is 17.3. The molecule has 1 unspecified atom stereocenters. The molecule has 3 rings (SSSR count). The molecule has 1 atom stereocenters. The highest BCUT2D eigenvalue weighted by atomic mass is 32.2. The molecule has 1 aliphatic heterocycles. The van der Waals surface area contributed by atoms with Crippen LogP contribution in [-0.2, 0) is 9.84 Å². The molecule has 0 bridgehead atoms. The molecule has 1 amide bonds. The fraction of sp³-hybridized carbons (Fsp3) is 0.235. The summed E-state index contributed by atoms with van der Waals surface area (Å²) in [5.74, 6) is 0.853. The first kappa shape index (κ1) is 16.3. The van der Waals surface area contributed by atoms with E-state index in [0.29, 0.717) is 11.5 Å². The lowest BCUT2D eigenvalue weighted by atomic mass is 10.1. The van der Waals surface area contributed by atoms with E-state index in [-0.39, 0.29) is 23.3 Å². The maximum atomic E-state index is 12.5. The quantitative estimate of drug-likeness (QED) is 0.918. The van der Waals surface area contributed by atoms with Gasteiger partial charge in [-0.1, -0.05) is 18.2 Å². The summed E-state index contributed by atoms with van der Waals surface area (Å²) in [7, 11) is -3.48. The molecule has 0 fully saturated rings. The Hall–Kier alpha value is -2.54. The summed E-state index contributed by atoms with van der Waals surface area (Å²) in [6, 6.07) is 11.2. The van der Waals surface area contributed by atoms with Gasteiger partial charge in [0.1, 0.15) is 0 Å². The molecular formula is C17H17NO5S. The normalized spacial score (nSPS) is 14.2. The van der Waals surface area contributed by atoms with Gasteiger partial charge in [-0.15, -0.1) is 0 Å². The van der Waals surface area contributed by atoms with Crippen molar-refractivity contribution in [2.45, 2.75) is 17.9 Å². The molecule has 24 heavy (non-hydrogen) atoms. The van der Waals surface area contributed by atoms with Gasteiger partial charge in [-0.25, -0.2) is 8.42 Å². The Morgan fingerprint density at radius 1 is 1.12 bits per heavy atom. The molecule has 0 spiro atoms. The molecule has 7 heteroatoms. The number of sulfone groups is 1. The van der Waals surface area contributed by atoms with Crippen molar-refractivity contribution in [3.8, 4) is 11.5 Å². The van der Waals surface area contributed by atoms with Crippen LogP contribution in [-0.4, -0.2) is 27.4 Å². The number of carbonyl (C=O) groups is 1. The highest BCUT2D eigenvalue weighted by Gasteiger charge is 2.21. The molecular weight excluding hydrogens is 330 g/mol. The second-order valence-electron chi connectivity index (χ2n) is 5.58. The van der Waals surface area contributed by atoms with Gasteiger partial charge in [0.25, 0.3) is 5.91 Å². The lowest BCUT2D eigenvalue weighted by molar-refractivity contribution is 0.0936. The fourth-order valence-corrected chi connectivity index (χ4v) is 3.40. The van der Waals surface area contributed by atoms with Crippen LogP contribution < -0.4 is 14.8 Å². The fourth-order valence-electron chi connectivity index (χ4n) is 2.52. The number of carbonyl (C=O) groups excluding carboxylic acids is 1. The van der Waals surface area contributed by atoms with E-state index in [0.717, 1.165) is 11.8 Å². The number of hydrogen-bond acceptors (Lipinski definition) is 5. The van der Waals surface area contributed by atoms with E-state index < -0.39 is 15.7 Å². The van der Waals surface area contributed by atoms with Crippen LogP contribution in [0.5, 0.6) is 11.5 Å². The van der Waals surface area contributed by atoms with Crippen molar-refractivity contribution in [2.75, 3.05) is 13.0 Å². The molecule has 1 N–H and O–H groups in total. The van der Waals surface area contributed by atoms with Crippen LogP contribution in [0, 0.1) is 0 Å². The van der Waals surface area contributed by atoms with Crippen LogP contribution in [0.3, 0.4) is 0 Å². The maximum Gasteiger partial charge on any atom is 0.253 e. The number of benzene rings is 2. The Balaban J connectivity index is 1.83. The average Bonchev–Trinajstić information content (AvgIpc) is 3.01. The maximum absolute atomic E-state index is 12.5. The highest BCUT2D eigenvalue weighted by Crippen LogP contribution is 2.34. The first-order chi connectivity index (χ1) is 11.4. The Labute approximate surface area is 140 Å². The predicted octanol–water partition coefficient (Wildman–Crippen LogP) is 2.31. The van der Waals surface area contributed by atoms with Gasteiger partial charge in [-0.2, -0.15) is 0 Å². The first-order valence-corrected chi connectivity index (χ1v) is 9.25. The SMILES string of the molecule is CC(NC(=O)c1ccccc1S(C)(=O)=O)c1ccc2c(c1)OCO2. The van der Waals surface area contributed by atoms with Crippen molar-refractivity contribution in [1.82, 2.24) is 5.32 Å². The Morgan fingerprint density at radius 2 is 1.83 bits per heavy atom. The van der Waals surface area contributed by atoms with Gasteiger partial charge < -0.3 is 14.8 Å². The topological polar surface area (TPSA) is 81.7 Å².